The van der Waals surface area contributed by atoms with E-state index in [4.69, 9.17) is 5.11 Å². The Balaban J connectivity index is 1.91. The minimum absolute atomic E-state index is 0.0281. The summed E-state index contributed by atoms with van der Waals surface area (Å²) in [6.07, 6.45) is 0.159. The molecule has 2 heterocycles. The number of carboxylic acid groups (broad SMARTS) is 1. The lowest BCUT2D eigenvalue weighted by atomic mass is 9.95. The summed E-state index contributed by atoms with van der Waals surface area (Å²) in [4.78, 5) is 24.1. The number of aryl methyl sites for hydroxylation is 1. The van der Waals surface area contributed by atoms with Crippen LogP contribution in [0.4, 0.5) is 0 Å². The van der Waals surface area contributed by atoms with Gasteiger partial charge >= 0.3 is 5.97 Å². The van der Waals surface area contributed by atoms with E-state index < -0.39 is 5.97 Å². The third kappa shape index (κ3) is 2.09. The maximum absolute atomic E-state index is 11.9. The maximum atomic E-state index is 11.9. The molecule has 0 atom stereocenters. The highest BCUT2D eigenvalue weighted by Crippen LogP contribution is 2.24. The van der Waals surface area contributed by atoms with Gasteiger partial charge in [-0.25, -0.2) is 0 Å². The second-order valence-corrected chi connectivity index (χ2v) is 4.89. The molecule has 0 aromatic carbocycles. The topological polar surface area (TPSA) is 57.6 Å². The van der Waals surface area contributed by atoms with Crippen molar-refractivity contribution in [3.05, 3.63) is 21.9 Å². The van der Waals surface area contributed by atoms with Crippen LogP contribution in [0.2, 0.25) is 0 Å². The molecule has 2 rings (SSSR count). The molecule has 1 aliphatic rings. The van der Waals surface area contributed by atoms with Crippen molar-refractivity contribution in [2.45, 2.75) is 13.3 Å². The molecule has 0 radical (unpaired) electrons. The van der Waals surface area contributed by atoms with Crippen LogP contribution in [0, 0.1) is 12.8 Å². The number of carboxylic acids is 1. The van der Waals surface area contributed by atoms with Crippen molar-refractivity contribution < 1.29 is 14.7 Å². The van der Waals surface area contributed by atoms with E-state index in [1.54, 1.807) is 4.90 Å². The van der Waals surface area contributed by atoms with Crippen LogP contribution in [0.5, 0.6) is 0 Å². The van der Waals surface area contributed by atoms with Crippen LogP contribution in [-0.2, 0) is 4.79 Å². The molecule has 0 spiro atoms. The molecule has 0 unspecified atom stereocenters. The van der Waals surface area contributed by atoms with Crippen molar-refractivity contribution in [1.82, 2.24) is 4.90 Å². The second kappa shape index (κ2) is 4.25. The Kier molecular flexibility index (Phi) is 2.96. The van der Waals surface area contributed by atoms with Crippen molar-refractivity contribution >= 4 is 23.2 Å². The molecule has 1 aromatic heterocycles. The van der Waals surface area contributed by atoms with Gasteiger partial charge in [0.15, 0.2) is 0 Å². The fraction of sp³-hybridized carbons (Fsp3) is 0.455. The number of rotatable bonds is 3. The Morgan fingerprint density at radius 3 is 2.69 bits per heavy atom. The van der Waals surface area contributed by atoms with E-state index in [1.807, 2.05) is 17.7 Å². The summed E-state index contributed by atoms with van der Waals surface area (Å²) >= 11 is 1.52. The molecule has 1 fully saturated rings. The zero-order chi connectivity index (χ0) is 11.7. The van der Waals surface area contributed by atoms with Gasteiger partial charge in [0.2, 0.25) is 0 Å². The molecule has 5 heteroatoms. The number of nitrogens with zero attached hydrogens (tertiary/aromatic N) is 1. The van der Waals surface area contributed by atoms with E-state index in [2.05, 4.69) is 0 Å². The van der Waals surface area contributed by atoms with Gasteiger partial charge < -0.3 is 10.0 Å². The molecule has 0 bridgehead atoms. The smallest absolute Gasteiger partial charge is 0.303 e. The van der Waals surface area contributed by atoms with Crippen molar-refractivity contribution in [2.24, 2.45) is 5.92 Å². The normalized spacial score (nSPS) is 15.9. The highest BCUT2D eigenvalue weighted by Gasteiger charge is 2.33. The molecule has 1 aromatic rings. The molecule has 1 N–H and O–H groups in total. The van der Waals surface area contributed by atoms with Crippen LogP contribution in [-0.4, -0.2) is 35.0 Å². The quantitative estimate of drug-likeness (QED) is 0.871. The van der Waals surface area contributed by atoms with E-state index in [0.29, 0.717) is 13.1 Å². The molecule has 86 valence electrons. The largest absolute Gasteiger partial charge is 0.481 e. The summed E-state index contributed by atoms with van der Waals surface area (Å²) in [5.74, 6) is -0.635. The van der Waals surface area contributed by atoms with E-state index >= 15 is 0 Å². The number of carbonyl (C=O) groups is 2. The number of thiophene rings is 1. The predicted molar refractivity (Wildman–Crippen MR) is 60.7 cm³/mol. The van der Waals surface area contributed by atoms with Gasteiger partial charge in [-0.2, -0.15) is 11.3 Å². The first-order valence-corrected chi connectivity index (χ1v) is 6.06. The lowest BCUT2D eigenvalue weighted by molar-refractivity contribution is -0.139. The fourth-order valence-electron chi connectivity index (χ4n) is 1.86. The summed E-state index contributed by atoms with van der Waals surface area (Å²) in [6, 6.07) is 0. The second-order valence-electron chi connectivity index (χ2n) is 4.14. The number of aliphatic carboxylic acids is 1. The zero-order valence-electron chi connectivity index (χ0n) is 8.97. The number of amides is 1. The number of hydrogen-bond acceptors (Lipinski definition) is 3. The summed E-state index contributed by atoms with van der Waals surface area (Å²) in [5.41, 5.74) is 1.75. The van der Waals surface area contributed by atoms with E-state index in [0.717, 1.165) is 11.1 Å². The molecule has 0 aliphatic carbocycles. The minimum Gasteiger partial charge on any atom is -0.481 e. The summed E-state index contributed by atoms with van der Waals surface area (Å²) in [7, 11) is 0. The lowest BCUT2D eigenvalue weighted by Gasteiger charge is -2.38. The molecule has 0 saturated carbocycles. The third-order valence-corrected chi connectivity index (χ3v) is 3.66. The van der Waals surface area contributed by atoms with Crippen molar-refractivity contribution in [1.29, 1.82) is 0 Å². The van der Waals surface area contributed by atoms with E-state index in [-0.39, 0.29) is 18.2 Å². The first-order chi connectivity index (χ1) is 7.58. The lowest BCUT2D eigenvalue weighted by Crippen LogP contribution is -2.50. The van der Waals surface area contributed by atoms with Gasteiger partial charge in [0.05, 0.1) is 12.0 Å². The molecular formula is C11H13NO3S. The molecule has 4 nitrogen and oxygen atoms in total. The third-order valence-electron chi connectivity index (χ3n) is 2.79. The molecule has 1 aliphatic heterocycles. The van der Waals surface area contributed by atoms with Crippen molar-refractivity contribution in [2.75, 3.05) is 13.1 Å². The Morgan fingerprint density at radius 1 is 1.50 bits per heavy atom. The van der Waals surface area contributed by atoms with Gasteiger partial charge in [-0.15, -0.1) is 0 Å². The summed E-state index contributed by atoms with van der Waals surface area (Å²) in [5, 5.41) is 12.4. The Morgan fingerprint density at radius 2 is 2.19 bits per heavy atom. The molecule has 1 amide bonds. The van der Waals surface area contributed by atoms with Crippen molar-refractivity contribution in [3.8, 4) is 0 Å². The van der Waals surface area contributed by atoms with Crippen LogP contribution in [0.15, 0.2) is 10.8 Å². The van der Waals surface area contributed by atoms with Gasteiger partial charge in [-0.05, 0) is 17.9 Å². The van der Waals surface area contributed by atoms with Crippen molar-refractivity contribution in [3.63, 3.8) is 0 Å². The SMILES string of the molecule is Cc1cscc1C(=O)N1CC(CC(=O)O)C1. The number of carbonyl (C=O) groups excluding carboxylic acids is 1. The number of likely N-dealkylation sites (tertiary alicyclic amines) is 1. The Hall–Kier alpha value is -1.36. The number of hydrogen-bond donors (Lipinski definition) is 1. The summed E-state index contributed by atoms with van der Waals surface area (Å²) in [6.45, 7) is 3.05. The van der Waals surface area contributed by atoms with Crippen LogP contribution < -0.4 is 0 Å². The highest BCUT2D eigenvalue weighted by atomic mass is 32.1. The minimum atomic E-state index is -0.788. The first kappa shape index (κ1) is 11.1. The molecule has 1 saturated heterocycles. The van der Waals surface area contributed by atoms with Crippen LogP contribution in [0.3, 0.4) is 0 Å². The van der Waals surface area contributed by atoms with Crippen LogP contribution >= 0.6 is 11.3 Å². The van der Waals surface area contributed by atoms with Gasteiger partial charge in [-0.1, -0.05) is 0 Å². The Bertz CT molecular complexity index is 421. The summed E-state index contributed by atoms with van der Waals surface area (Å²) < 4.78 is 0. The Labute approximate surface area is 97.5 Å². The van der Waals surface area contributed by atoms with E-state index in [9.17, 15) is 9.59 Å². The van der Waals surface area contributed by atoms with Gasteiger partial charge in [-0.3, -0.25) is 9.59 Å². The molecular weight excluding hydrogens is 226 g/mol. The van der Waals surface area contributed by atoms with Gasteiger partial charge in [0.1, 0.15) is 0 Å². The standard InChI is InChI=1S/C11H13NO3S/c1-7-5-16-6-9(7)11(15)12-3-8(4-12)2-10(13)14/h5-6,8H,2-4H2,1H3,(H,13,14). The van der Waals surface area contributed by atoms with Crippen LogP contribution in [0.25, 0.3) is 0 Å². The highest BCUT2D eigenvalue weighted by molar-refractivity contribution is 7.08. The zero-order valence-corrected chi connectivity index (χ0v) is 9.79. The van der Waals surface area contributed by atoms with E-state index in [1.165, 1.54) is 11.3 Å². The molecule has 16 heavy (non-hydrogen) atoms. The first-order valence-electron chi connectivity index (χ1n) is 5.11. The van der Waals surface area contributed by atoms with Crippen LogP contribution in [0.1, 0.15) is 22.3 Å². The average molecular weight is 239 g/mol. The average Bonchev–Trinajstić information content (AvgIpc) is 2.56. The fourth-order valence-corrected chi connectivity index (χ4v) is 2.68. The van der Waals surface area contributed by atoms with Gasteiger partial charge in [0.25, 0.3) is 5.91 Å². The monoisotopic (exact) mass is 239 g/mol. The maximum Gasteiger partial charge on any atom is 0.303 e. The predicted octanol–water partition coefficient (Wildman–Crippen LogP) is 1.60. The van der Waals surface area contributed by atoms with Gasteiger partial charge in [0, 0.05) is 24.4 Å².